The smallest absolute Gasteiger partial charge is 0.243 e. The molecule has 0 atom stereocenters. The van der Waals surface area contributed by atoms with Crippen molar-refractivity contribution in [2.24, 2.45) is 5.10 Å². The zero-order valence-corrected chi connectivity index (χ0v) is 16.3. The van der Waals surface area contributed by atoms with Crippen LogP contribution in [0.1, 0.15) is 70.5 Å². The van der Waals surface area contributed by atoms with Crippen LogP contribution in [-0.2, 0) is 18.3 Å². The van der Waals surface area contributed by atoms with Crippen molar-refractivity contribution >= 4 is 11.7 Å². The Labute approximate surface area is 151 Å². The van der Waals surface area contributed by atoms with E-state index in [2.05, 4.69) is 85.4 Å². The van der Waals surface area contributed by atoms with Gasteiger partial charge in [0.2, 0.25) is 5.95 Å². The maximum absolute atomic E-state index is 4.55. The second-order valence-corrected chi connectivity index (χ2v) is 7.41. The summed E-state index contributed by atoms with van der Waals surface area (Å²) in [5.41, 5.74) is 8.64. The number of anilines is 1. The Balaban J connectivity index is 2.16. The van der Waals surface area contributed by atoms with Gasteiger partial charge in [0.1, 0.15) is 0 Å². The van der Waals surface area contributed by atoms with E-state index in [0.29, 0.717) is 5.95 Å². The van der Waals surface area contributed by atoms with Crippen LogP contribution in [-0.4, -0.2) is 15.7 Å². The lowest BCUT2D eigenvalue weighted by molar-refractivity contribution is 0.590. The minimum Gasteiger partial charge on any atom is -0.245 e. The van der Waals surface area contributed by atoms with Gasteiger partial charge in [0, 0.05) is 11.4 Å². The molecule has 25 heavy (non-hydrogen) atoms. The molecule has 2 aromatic rings. The van der Waals surface area contributed by atoms with E-state index in [4.69, 9.17) is 0 Å². The molecule has 1 aromatic carbocycles. The molecule has 4 heteroatoms. The molecule has 1 N–H and O–H groups in total. The number of hydrogen-bond acceptors (Lipinski definition) is 4. The molecule has 1 heterocycles. The summed E-state index contributed by atoms with van der Waals surface area (Å²) in [4.78, 5) is 9.07. The van der Waals surface area contributed by atoms with Crippen molar-refractivity contribution in [2.45, 2.75) is 66.2 Å². The molecule has 1 aromatic heterocycles. The molecule has 0 aliphatic carbocycles. The van der Waals surface area contributed by atoms with Crippen LogP contribution in [0.25, 0.3) is 0 Å². The van der Waals surface area contributed by atoms with E-state index in [1.165, 1.54) is 5.56 Å². The highest BCUT2D eigenvalue weighted by Crippen LogP contribution is 2.22. The molecule has 0 saturated heterocycles. The van der Waals surface area contributed by atoms with Crippen molar-refractivity contribution in [3.8, 4) is 0 Å². The van der Waals surface area contributed by atoms with Crippen LogP contribution in [0.4, 0.5) is 5.95 Å². The van der Waals surface area contributed by atoms with Gasteiger partial charge in [-0.25, -0.2) is 15.4 Å². The number of aromatic nitrogens is 2. The summed E-state index contributed by atoms with van der Waals surface area (Å²) in [7, 11) is 0. The molecule has 0 fully saturated rings. The van der Waals surface area contributed by atoms with E-state index < -0.39 is 0 Å². The van der Waals surface area contributed by atoms with E-state index in [1.54, 1.807) is 0 Å². The number of nitrogens with one attached hydrogen (secondary N) is 1. The van der Waals surface area contributed by atoms with E-state index in [9.17, 15) is 0 Å². The predicted octanol–water partition coefficient (Wildman–Crippen LogP) is 5.13. The van der Waals surface area contributed by atoms with Crippen molar-refractivity contribution in [2.75, 3.05) is 5.43 Å². The first-order valence-corrected chi connectivity index (χ1v) is 9.11. The van der Waals surface area contributed by atoms with Gasteiger partial charge < -0.3 is 0 Å². The van der Waals surface area contributed by atoms with Gasteiger partial charge in [0.15, 0.2) is 0 Å². The normalized spacial score (nSPS) is 12.3. The second-order valence-electron chi connectivity index (χ2n) is 7.41. The lowest BCUT2D eigenvalue weighted by Crippen LogP contribution is -2.11. The van der Waals surface area contributed by atoms with Gasteiger partial charge in [0.25, 0.3) is 0 Å². The molecule has 134 valence electrons. The van der Waals surface area contributed by atoms with E-state index in [0.717, 1.165) is 41.9 Å². The van der Waals surface area contributed by atoms with Crippen molar-refractivity contribution in [3.05, 3.63) is 52.8 Å². The number of rotatable bonds is 6. The lowest BCUT2D eigenvalue weighted by Gasteiger charge is -2.19. The first kappa shape index (κ1) is 19.1. The third-order valence-corrected chi connectivity index (χ3v) is 4.19. The highest BCUT2D eigenvalue weighted by Gasteiger charge is 2.13. The van der Waals surface area contributed by atoms with Crippen LogP contribution in [0, 0.1) is 0 Å². The third kappa shape index (κ3) is 5.38. The number of aryl methyl sites for hydroxylation is 2. The van der Waals surface area contributed by atoms with E-state index in [1.807, 2.05) is 6.92 Å². The molecular formula is C21H30N4. The Hall–Kier alpha value is -2.23. The second kappa shape index (κ2) is 8.24. The van der Waals surface area contributed by atoms with Gasteiger partial charge in [-0.1, -0.05) is 65.3 Å². The van der Waals surface area contributed by atoms with Gasteiger partial charge >= 0.3 is 0 Å². The Kier molecular flexibility index (Phi) is 6.29. The summed E-state index contributed by atoms with van der Waals surface area (Å²) >= 11 is 0. The van der Waals surface area contributed by atoms with Gasteiger partial charge in [-0.05, 0) is 42.4 Å². The summed E-state index contributed by atoms with van der Waals surface area (Å²) in [5.74, 6) is 0.577. The Bertz CT molecular complexity index is 725. The quantitative estimate of drug-likeness (QED) is 0.587. The maximum Gasteiger partial charge on any atom is 0.243 e. The predicted molar refractivity (Wildman–Crippen MR) is 106 cm³/mol. The van der Waals surface area contributed by atoms with Crippen LogP contribution in [0.15, 0.2) is 35.4 Å². The minimum absolute atomic E-state index is 0.159. The Morgan fingerprint density at radius 2 is 1.68 bits per heavy atom. The van der Waals surface area contributed by atoms with Gasteiger partial charge in [0.05, 0.1) is 5.71 Å². The Morgan fingerprint density at radius 3 is 2.24 bits per heavy atom. The molecule has 0 amide bonds. The first-order valence-electron chi connectivity index (χ1n) is 9.11. The zero-order chi connectivity index (χ0) is 18.4. The van der Waals surface area contributed by atoms with Crippen LogP contribution < -0.4 is 5.43 Å². The van der Waals surface area contributed by atoms with Crippen LogP contribution in [0.3, 0.4) is 0 Å². The van der Waals surface area contributed by atoms with Crippen molar-refractivity contribution in [3.63, 3.8) is 0 Å². The van der Waals surface area contributed by atoms with Crippen molar-refractivity contribution < 1.29 is 0 Å². The molecule has 0 aliphatic heterocycles. The maximum atomic E-state index is 4.55. The van der Waals surface area contributed by atoms with Gasteiger partial charge in [-0.3, -0.25) is 0 Å². The number of hydrogen-bond donors (Lipinski definition) is 1. The molecule has 0 saturated carbocycles. The molecule has 0 bridgehead atoms. The largest absolute Gasteiger partial charge is 0.245 e. The SMILES string of the molecule is CCCc1cc(CC)nc(NN=C(C)c2ccc(C(C)(C)C)cc2)n1. The lowest BCUT2D eigenvalue weighted by atomic mass is 9.86. The summed E-state index contributed by atoms with van der Waals surface area (Å²) in [6.45, 7) is 12.9. The van der Waals surface area contributed by atoms with Crippen LogP contribution in [0.2, 0.25) is 0 Å². The fourth-order valence-corrected chi connectivity index (χ4v) is 2.58. The first-order chi connectivity index (χ1) is 11.8. The molecule has 4 nitrogen and oxygen atoms in total. The zero-order valence-electron chi connectivity index (χ0n) is 16.3. The average Bonchev–Trinajstić information content (AvgIpc) is 2.59. The molecule has 0 unspecified atom stereocenters. The molecular weight excluding hydrogens is 308 g/mol. The van der Waals surface area contributed by atoms with Crippen molar-refractivity contribution in [1.82, 2.24) is 9.97 Å². The number of benzene rings is 1. The van der Waals surface area contributed by atoms with E-state index in [-0.39, 0.29) is 5.41 Å². The van der Waals surface area contributed by atoms with Crippen molar-refractivity contribution in [1.29, 1.82) is 0 Å². The summed E-state index contributed by atoms with van der Waals surface area (Å²) in [6, 6.07) is 10.7. The fraction of sp³-hybridized carbons (Fsp3) is 0.476. The fourth-order valence-electron chi connectivity index (χ4n) is 2.58. The standard InChI is InChI=1S/C21H30N4/c1-7-9-19-14-18(8-2)22-20(23-19)25-24-15(3)16-10-12-17(13-11-16)21(4,5)6/h10-14H,7-9H2,1-6H3,(H,22,23,25). The summed E-state index contributed by atoms with van der Waals surface area (Å²) in [5, 5.41) is 4.47. The van der Waals surface area contributed by atoms with Crippen LogP contribution >= 0.6 is 0 Å². The highest BCUT2D eigenvalue weighted by molar-refractivity contribution is 5.99. The molecule has 0 aliphatic rings. The minimum atomic E-state index is 0.159. The topological polar surface area (TPSA) is 50.2 Å². The molecule has 2 rings (SSSR count). The average molecular weight is 338 g/mol. The summed E-state index contributed by atoms with van der Waals surface area (Å²) in [6.07, 6.45) is 2.92. The number of hydrazone groups is 1. The molecule has 0 spiro atoms. The third-order valence-electron chi connectivity index (χ3n) is 4.19. The Morgan fingerprint density at radius 1 is 1.04 bits per heavy atom. The van der Waals surface area contributed by atoms with Gasteiger partial charge in [-0.2, -0.15) is 5.10 Å². The summed E-state index contributed by atoms with van der Waals surface area (Å²) < 4.78 is 0. The molecule has 0 radical (unpaired) electrons. The number of nitrogens with zero attached hydrogens (tertiary/aromatic N) is 3. The monoisotopic (exact) mass is 338 g/mol. The van der Waals surface area contributed by atoms with Gasteiger partial charge in [-0.15, -0.1) is 0 Å². The highest BCUT2D eigenvalue weighted by atomic mass is 15.4. The van der Waals surface area contributed by atoms with Crippen LogP contribution in [0.5, 0.6) is 0 Å². The van der Waals surface area contributed by atoms with E-state index >= 15 is 0 Å².